The van der Waals surface area contributed by atoms with E-state index in [9.17, 15) is 9.59 Å². The molecule has 2 aliphatic heterocycles. The summed E-state index contributed by atoms with van der Waals surface area (Å²) in [4.78, 5) is 29.1. The number of nitrogens with zero attached hydrogens (tertiary/aromatic N) is 3. The van der Waals surface area contributed by atoms with Gasteiger partial charge in [-0.1, -0.05) is 23.4 Å². The van der Waals surface area contributed by atoms with Crippen LogP contribution >= 0.6 is 0 Å². The van der Waals surface area contributed by atoms with Gasteiger partial charge in [0.2, 0.25) is 5.91 Å². The van der Waals surface area contributed by atoms with E-state index in [-0.39, 0.29) is 17.2 Å². The van der Waals surface area contributed by atoms with Crippen molar-refractivity contribution in [3.05, 3.63) is 47.9 Å². The molecule has 2 saturated heterocycles. The summed E-state index contributed by atoms with van der Waals surface area (Å²) in [5.41, 5.74) is 0.511. The Morgan fingerprint density at radius 3 is 2.47 bits per heavy atom. The van der Waals surface area contributed by atoms with Gasteiger partial charge in [-0.3, -0.25) is 9.59 Å². The van der Waals surface area contributed by atoms with Crippen LogP contribution < -0.4 is 4.74 Å². The molecular formula is C23H29N3O4. The minimum atomic E-state index is -0.0550. The third-order valence-corrected chi connectivity index (χ3v) is 6.30. The van der Waals surface area contributed by atoms with Crippen LogP contribution in [-0.4, -0.2) is 59.6 Å². The molecule has 0 atom stereocenters. The number of rotatable bonds is 6. The molecule has 30 heavy (non-hydrogen) atoms. The lowest BCUT2D eigenvalue weighted by Gasteiger charge is -2.39. The second-order valence-corrected chi connectivity index (χ2v) is 8.45. The summed E-state index contributed by atoms with van der Waals surface area (Å²) >= 11 is 0. The van der Waals surface area contributed by atoms with Gasteiger partial charge in [0.25, 0.3) is 5.91 Å². The van der Waals surface area contributed by atoms with E-state index in [2.05, 4.69) is 5.16 Å². The molecule has 3 heterocycles. The first-order valence-corrected chi connectivity index (χ1v) is 10.7. The van der Waals surface area contributed by atoms with Gasteiger partial charge in [0.1, 0.15) is 11.5 Å². The number of amides is 2. The van der Waals surface area contributed by atoms with Crippen molar-refractivity contribution in [3.63, 3.8) is 0 Å². The predicted molar refractivity (Wildman–Crippen MR) is 111 cm³/mol. The lowest BCUT2D eigenvalue weighted by atomic mass is 9.77. The Bertz CT molecular complexity index is 872. The third-order valence-electron chi connectivity index (χ3n) is 6.30. The van der Waals surface area contributed by atoms with Crippen LogP contribution in [0.15, 0.2) is 40.9 Å². The topological polar surface area (TPSA) is 75.9 Å². The highest BCUT2D eigenvalue weighted by Crippen LogP contribution is 2.40. The van der Waals surface area contributed by atoms with Gasteiger partial charge in [-0.25, -0.2) is 0 Å². The van der Waals surface area contributed by atoms with Crippen molar-refractivity contribution in [2.75, 3.05) is 32.8 Å². The van der Waals surface area contributed by atoms with Crippen molar-refractivity contribution in [3.8, 4) is 5.75 Å². The summed E-state index contributed by atoms with van der Waals surface area (Å²) in [7, 11) is 0. The van der Waals surface area contributed by atoms with Gasteiger partial charge in [0, 0.05) is 38.7 Å². The fourth-order valence-electron chi connectivity index (χ4n) is 4.46. The standard InChI is InChI=1S/C23H29N3O4/c1-18-16-20(24-30-18)22(28)26-14-11-23(17-26)9-12-25(13-10-23)21(27)8-5-15-29-19-6-3-2-4-7-19/h2-4,6-7,16H,5,8-15,17H2,1H3. The molecule has 4 rings (SSSR count). The molecule has 0 unspecified atom stereocenters. The Balaban J connectivity index is 1.20. The molecule has 0 radical (unpaired) electrons. The first-order valence-electron chi connectivity index (χ1n) is 10.7. The second kappa shape index (κ2) is 8.90. The Morgan fingerprint density at radius 1 is 1.10 bits per heavy atom. The van der Waals surface area contributed by atoms with Gasteiger partial charge in [0.05, 0.1) is 6.61 Å². The second-order valence-electron chi connectivity index (χ2n) is 8.45. The molecule has 2 fully saturated rings. The van der Waals surface area contributed by atoms with E-state index in [1.165, 1.54) is 0 Å². The third kappa shape index (κ3) is 4.66. The van der Waals surface area contributed by atoms with E-state index in [0.29, 0.717) is 24.5 Å². The van der Waals surface area contributed by atoms with Crippen molar-refractivity contribution in [1.82, 2.24) is 15.0 Å². The molecule has 2 amide bonds. The molecule has 1 aromatic heterocycles. The quantitative estimate of drug-likeness (QED) is 0.682. The van der Waals surface area contributed by atoms with E-state index in [4.69, 9.17) is 9.26 Å². The molecule has 2 aliphatic rings. The van der Waals surface area contributed by atoms with Gasteiger partial charge in [-0.2, -0.15) is 0 Å². The molecule has 7 nitrogen and oxygen atoms in total. The van der Waals surface area contributed by atoms with Crippen molar-refractivity contribution in [1.29, 1.82) is 0 Å². The molecule has 0 bridgehead atoms. The van der Waals surface area contributed by atoms with Crippen LogP contribution in [0, 0.1) is 12.3 Å². The van der Waals surface area contributed by atoms with Crippen LogP contribution in [0.2, 0.25) is 0 Å². The minimum absolute atomic E-state index is 0.0550. The Labute approximate surface area is 177 Å². The number of para-hydroxylation sites is 1. The molecule has 1 aromatic carbocycles. The van der Waals surface area contributed by atoms with Crippen LogP contribution in [0.25, 0.3) is 0 Å². The Hall–Kier alpha value is -2.83. The fraction of sp³-hybridized carbons (Fsp3) is 0.522. The molecule has 0 N–H and O–H groups in total. The molecule has 160 valence electrons. The molecule has 7 heteroatoms. The maximum Gasteiger partial charge on any atom is 0.276 e. The van der Waals surface area contributed by atoms with E-state index >= 15 is 0 Å². The summed E-state index contributed by atoms with van der Waals surface area (Å²) in [6.45, 7) is 5.36. The highest BCUT2D eigenvalue weighted by molar-refractivity contribution is 5.92. The SMILES string of the molecule is Cc1cc(C(=O)N2CCC3(CCN(C(=O)CCCOc4ccccc4)CC3)C2)no1. The lowest BCUT2D eigenvalue weighted by Crippen LogP contribution is -2.44. The van der Waals surface area contributed by atoms with E-state index in [1.807, 2.05) is 40.1 Å². The lowest BCUT2D eigenvalue weighted by molar-refractivity contribution is -0.133. The van der Waals surface area contributed by atoms with Crippen LogP contribution in [-0.2, 0) is 4.79 Å². The summed E-state index contributed by atoms with van der Waals surface area (Å²) in [6.07, 6.45) is 4.11. The fourth-order valence-corrected chi connectivity index (χ4v) is 4.46. The highest BCUT2D eigenvalue weighted by atomic mass is 16.5. The van der Waals surface area contributed by atoms with Gasteiger partial charge >= 0.3 is 0 Å². The largest absolute Gasteiger partial charge is 0.494 e. The van der Waals surface area contributed by atoms with Crippen molar-refractivity contribution >= 4 is 11.8 Å². The number of aromatic nitrogens is 1. The Kier molecular flexibility index (Phi) is 6.06. The van der Waals surface area contributed by atoms with E-state index in [0.717, 1.165) is 57.6 Å². The number of likely N-dealkylation sites (tertiary alicyclic amines) is 2. The number of hydrogen-bond donors (Lipinski definition) is 0. The maximum atomic E-state index is 12.6. The normalized spacial score (nSPS) is 18.0. The first kappa shape index (κ1) is 20.4. The molecular weight excluding hydrogens is 382 g/mol. The molecule has 0 saturated carbocycles. The maximum absolute atomic E-state index is 12.6. The average molecular weight is 412 g/mol. The van der Waals surface area contributed by atoms with Crippen LogP contribution in [0.3, 0.4) is 0 Å². The van der Waals surface area contributed by atoms with Crippen molar-refractivity contribution < 1.29 is 18.8 Å². The van der Waals surface area contributed by atoms with Gasteiger partial charge in [0.15, 0.2) is 5.69 Å². The predicted octanol–water partition coefficient (Wildman–Crippen LogP) is 3.30. The number of aryl methyl sites for hydroxylation is 1. The van der Waals surface area contributed by atoms with Crippen molar-refractivity contribution in [2.24, 2.45) is 5.41 Å². The number of piperidine rings is 1. The summed E-state index contributed by atoms with van der Waals surface area (Å²) in [6, 6.07) is 11.4. The summed E-state index contributed by atoms with van der Waals surface area (Å²) in [5, 5.41) is 3.85. The zero-order chi connectivity index (χ0) is 21.0. The van der Waals surface area contributed by atoms with Crippen LogP contribution in [0.5, 0.6) is 5.75 Å². The van der Waals surface area contributed by atoms with Crippen molar-refractivity contribution in [2.45, 2.75) is 39.0 Å². The summed E-state index contributed by atoms with van der Waals surface area (Å²) < 4.78 is 10.7. The smallest absolute Gasteiger partial charge is 0.276 e. The van der Waals surface area contributed by atoms with Crippen LogP contribution in [0.4, 0.5) is 0 Å². The zero-order valence-corrected chi connectivity index (χ0v) is 17.5. The van der Waals surface area contributed by atoms with Gasteiger partial charge in [-0.05, 0) is 50.2 Å². The van der Waals surface area contributed by atoms with Gasteiger partial charge < -0.3 is 19.1 Å². The van der Waals surface area contributed by atoms with Gasteiger partial charge in [-0.15, -0.1) is 0 Å². The highest BCUT2D eigenvalue weighted by Gasteiger charge is 2.43. The molecule has 0 aliphatic carbocycles. The zero-order valence-electron chi connectivity index (χ0n) is 17.5. The Morgan fingerprint density at radius 2 is 1.80 bits per heavy atom. The average Bonchev–Trinajstić information content (AvgIpc) is 3.39. The number of carbonyl (C=O) groups is 2. The number of carbonyl (C=O) groups excluding carboxylic acids is 2. The number of hydrogen-bond acceptors (Lipinski definition) is 5. The summed E-state index contributed by atoms with van der Waals surface area (Å²) in [5.74, 6) is 1.63. The number of ether oxygens (including phenoxy) is 1. The van der Waals surface area contributed by atoms with E-state index in [1.54, 1.807) is 13.0 Å². The number of benzene rings is 1. The minimum Gasteiger partial charge on any atom is -0.494 e. The molecule has 1 spiro atoms. The van der Waals surface area contributed by atoms with E-state index < -0.39 is 0 Å². The monoisotopic (exact) mass is 411 g/mol. The van der Waals surface area contributed by atoms with Crippen LogP contribution in [0.1, 0.15) is 48.4 Å². The first-order chi connectivity index (χ1) is 14.5. The molecule has 2 aromatic rings.